The third-order valence-corrected chi connectivity index (χ3v) is 3.36. The van der Waals surface area contributed by atoms with E-state index in [2.05, 4.69) is 19.2 Å². The molecule has 1 aliphatic heterocycles. The second kappa shape index (κ2) is 5.59. The Balaban J connectivity index is 2.75. The highest BCUT2D eigenvalue weighted by Crippen LogP contribution is 2.24. The van der Waals surface area contributed by atoms with E-state index in [4.69, 9.17) is 0 Å². The molecule has 1 rings (SSSR count). The highest BCUT2D eigenvalue weighted by Gasteiger charge is 2.47. The standard InChI is InChI=1S/C13H23N3O3/c1-9(2)6-7-13(3)11(18)16(12(19)14-13)8-10(17)15(4)5/h9H,6-8H2,1-5H3,(H,14,19). The molecule has 1 aliphatic rings. The molecule has 108 valence electrons. The molecule has 0 aliphatic carbocycles. The largest absolute Gasteiger partial charge is 0.347 e. The maximum Gasteiger partial charge on any atom is 0.325 e. The van der Waals surface area contributed by atoms with Crippen LogP contribution in [0.1, 0.15) is 33.6 Å². The summed E-state index contributed by atoms with van der Waals surface area (Å²) in [5.41, 5.74) is -0.881. The third-order valence-electron chi connectivity index (χ3n) is 3.36. The average Bonchev–Trinajstić information content (AvgIpc) is 2.51. The van der Waals surface area contributed by atoms with Gasteiger partial charge in [-0.05, 0) is 25.7 Å². The summed E-state index contributed by atoms with van der Waals surface area (Å²) in [6, 6.07) is -0.480. The maximum atomic E-state index is 12.3. The topological polar surface area (TPSA) is 69.7 Å². The zero-order valence-electron chi connectivity index (χ0n) is 12.3. The first-order chi connectivity index (χ1) is 8.67. The molecule has 0 aromatic carbocycles. The molecule has 1 saturated heterocycles. The zero-order chi connectivity index (χ0) is 14.8. The summed E-state index contributed by atoms with van der Waals surface area (Å²) in [6.45, 7) is 5.65. The van der Waals surface area contributed by atoms with E-state index < -0.39 is 11.6 Å². The van der Waals surface area contributed by atoms with Gasteiger partial charge in [0.25, 0.3) is 5.91 Å². The SMILES string of the molecule is CC(C)CCC1(C)NC(=O)N(CC(=O)N(C)C)C1=O. The van der Waals surface area contributed by atoms with E-state index in [1.165, 1.54) is 4.90 Å². The summed E-state index contributed by atoms with van der Waals surface area (Å²) in [5.74, 6) is -0.121. The van der Waals surface area contributed by atoms with Gasteiger partial charge in [-0.1, -0.05) is 13.8 Å². The monoisotopic (exact) mass is 269 g/mol. The van der Waals surface area contributed by atoms with Gasteiger partial charge in [0.15, 0.2) is 0 Å². The fourth-order valence-electron chi connectivity index (χ4n) is 1.91. The van der Waals surface area contributed by atoms with E-state index in [9.17, 15) is 14.4 Å². The number of amides is 4. The lowest BCUT2D eigenvalue weighted by Crippen LogP contribution is -2.45. The van der Waals surface area contributed by atoms with Crippen LogP contribution in [-0.2, 0) is 9.59 Å². The van der Waals surface area contributed by atoms with Crippen molar-refractivity contribution in [1.82, 2.24) is 15.1 Å². The first-order valence-corrected chi connectivity index (χ1v) is 6.51. The van der Waals surface area contributed by atoms with E-state index in [0.717, 1.165) is 11.3 Å². The molecule has 1 fully saturated rings. The summed E-state index contributed by atoms with van der Waals surface area (Å²) in [5, 5.41) is 2.70. The number of nitrogens with zero attached hydrogens (tertiary/aromatic N) is 2. The van der Waals surface area contributed by atoms with Crippen LogP contribution in [0.25, 0.3) is 0 Å². The van der Waals surface area contributed by atoms with Crippen molar-refractivity contribution in [2.24, 2.45) is 5.92 Å². The lowest BCUT2D eigenvalue weighted by molar-refractivity contribution is -0.137. The first kappa shape index (κ1) is 15.5. The normalized spacial score (nSPS) is 22.9. The number of carbonyl (C=O) groups excluding carboxylic acids is 3. The van der Waals surface area contributed by atoms with Gasteiger partial charge in [-0.25, -0.2) is 4.79 Å². The fourth-order valence-corrected chi connectivity index (χ4v) is 1.91. The van der Waals surface area contributed by atoms with Crippen molar-refractivity contribution in [3.63, 3.8) is 0 Å². The predicted molar refractivity (Wildman–Crippen MR) is 71.4 cm³/mol. The lowest BCUT2D eigenvalue weighted by atomic mass is 9.92. The molecule has 0 bridgehead atoms. The van der Waals surface area contributed by atoms with Gasteiger partial charge in [0, 0.05) is 14.1 Å². The van der Waals surface area contributed by atoms with Crippen LogP contribution in [0.4, 0.5) is 4.79 Å². The van der Waals surface area contributed by atoms with Crippen molar-refractivity contribution in [3.05, 3.63) is 0 Å². The van der Waals surface area contributed by atoms with Gasteiger partial charge in [0.2, 0.25) is 5.91 Å². The first-order valence-electron chi connectivity index (χ1n) is 6.51. The number of urea groups is 1. The molecule has 19 heavy (non-hydrogen) atoms. The van der Waals surface area contributed by atoms with Crippen LogP contribution in [0.5, 0.6) is 0 Å². The molecule has 1 unspecified atom stereocenters. The molecule has 0 spiro atoms. The molecule has 6 heteroatoms. The van der Waals surface area contributed by atoms with E-state index >= 15 is 0 Å². The van der Waals surface area contributed by atoms with Crippen LogP contribution < -0.4 is 5.32 Å². The Labute approximate surface area is 114 Å². The van der Waals surface area contributed by atoms with Crippen LogP contribution in [0.3, 0.4) is 0 Å². The minimum atomic E-state index is -0.881. The number of likely N-dealkylation sites (N-methyl/N-ethyl adjacent to an activating group) is 1. The summed E-state index contributed by atoms with van der Waals surface area (Å²) < 4.78 is 0. The second-order valence-corrected chi connectivity index (χ2v) is 5.87. The molecule has 1 N–H and O–H groups in total. The van der Waals surface area contributed by atoms with Gasteiger partial charge in [-0.15, -0.1) is 0 Å². The molecule has 0 aromatic rings. The minimum Gasteiger partial charge on any atom is -0.347 e. The summed E-state index contributed by atoms with van der Waals surface area (Å²) in [7, 11) is 3.19. The molecule has 0 radical (unpaired) electrons. The number of rotatable bonds is 5. The molecular formula is C13H23N3O3. The van der Waals surface area contributed by atoms with Crippen LogP contribution in [0.15, 0.2) is 0 Å². The minimum absolute atomic E-state index is 0.199. The maximum absolute atomic E-state index is 12.3. The molecular weight excluding hydrogens is 246 g/mol. The molecule has 1 heterocycles. The fraction of sp³-hybridized carbons (Fsp3) is 0.769. The van der Waals surface area contributed by atoms with Crippen LogP contribution >= 0.6 is 0 Å². The highest BCUT2D eigenvalue weighted by molar-refractivity contribution is 6.08. The van der Waals surface area contributed by atoms with Gasteiger partial charge in [0.1, 0.15) is 12.1 Å². The lowest BCUT2D eigenvalue weighted by Gasteiger charge is -2.22. The quantitative estimate of drug-likeness (QED) is 0.751. The van der Waals surface area contributed by atoms with Crippen LogP contribution in [0.2, 0.25) is 0 Å². The molecule has 0 aromatic heterocycles. The van der Waals surface area contributed by atoms with E-state index in [1.54, 1.807) is 21.0 Å². The predicted octanol–water partition coefficient (Wildman–Crippen LogP) is 0.821. The summed E-state index contributed by atoms with van der Waals surface area (Å²) in [4.78, 5) is 38.1. The Hall–Kier alpha value is -1.59. The van der Waals surface area contributed by atoms with Gasteiger partial charge < -0.3 is 10.2 Å². The van der Waals surface area contributed by atoms with Crippen LogP contribution in [0, 0.1) is 5.92 Å². The van der Waals surface area contributed by atoms with Crippen molar-refractivity contribution >= 4 is 17.8 Å². The van der Waals surface area contributed by atoms with Crippen molar-refractivity contribution in [1.29, 1.82) is 0 Å². The van der Waals surface area contributed by atoms with Crippen molar-refractivity contribution < 1.29 is 14.4 Å². The molecule has 1 atom stereocenters. The number of carbonyl (C=O) groups is 3. The Morgan fingerprint density at radius 2 is 1.95 bits per heavy atom. The average molecular weight is 269 g/mol. The second-order valence-electron chi connectivity index (χ2n) is 5.87. The Bertz CT molecular complexity index is 393. The molecule has 0 saturated carbocycles. The Morgan fingerprint density at radius 1 is 1.37 bits per heavy atom. The van der Waals surface area contributed by atoms with Crippen molar-refractivity contribution in [2.45, 2.75) is 39.2 Å². The molecule has 6 nitrogen and oxygen atoms in total. The van der Waals surface area contributed by atoms with Gasteiger partial charge in [0.05, 0.1) is 0 Å². The van der Waals surface area contributed by atoms with Crippen LogP contribution in [-0.4, -0.2) is 53.8 Å². The number of hydrogen-bond donors (Lipinski definition) is 1. The van der Waals surface area contributed by atoms with E-state index in [0.29, 0.717) is 12.3 Å². The van der Waals surface area contributed by atoms with Gasteiger partial charge in [-0.2, -0.15) is 0 Å². The summed E-state index contributed by atoms with van der Waals surface area (Å²) >= 11 is 0. The van der Waals surface area contributed by atoms with E-state index in [1.807, 2.05) is 0 Å². The smallest absolute Gasteiger partial charge is 0.325 e. The Morgan fingerprint density at radius 3 is 2.42 bits per heavy atom. The number of imide groups is 1. The number of hydrogen-bond acceptors (Lipinski definition) is 3. The van der Waals surface area contributed by atoms with E-state index in [-0.39, 0.29) is 18.4 Å². The van der Waals surface area contributed by atoms with Crippen molar-refractivity contribution in [3.8, 4) is 0 Å². The summed E-state index contributed by atoms with van der Waals surface area (Å²) in [6.07, 6.45) is 1.43. The van der Waals surface area contributed by atoms with Crippen molar-refractivity contribution in [2.75, 3.05) is 20.6 Å². The van der Waals surface area contributed by atoms with Gasteiger partial charge >= 0.3 is 6.03 Å². The zero-order valence-corrected chi connectivity index (χ0v) is 12.3. The number of nitrogens with one attached hydrogen (secondary N) is 1. The molecule has 4 amide bonds. The highest BCUT2D eigenvalue weighted by atomic mass is 16.2. The Kier molecular flexibility index (Phi) is 4.55. The van der Waals surface area contributed by atoms with Gasteiger partial charge in [-0.3, -0.25) is 14.5 Å². The third kappa shape index (κ3) is 3.45.